The van der Waals surface area contributed by atoms with Crippen LogP contribution < -0.4 is 39.0 Å². The summed E-state index contributed by atoms with van der Waals surface area (Å²) in [7, 11) is -4.46. The van der Waals surface area contributed by atoms with E-state index < -0.39 is 12.7 Å². The summed E-state index contributed by atoms with van der Waals surface area (Å²) in [6.07, 6.45) is 0.558. The molecular formula is C12H17NNaO6P. The van der Waals surface area contributed by atoms with E-state index in [9.17, 15) is 19.6 Å². The van der Waals surface area contributed by atoms with Crippen molar-refractivity contribution in [2.24, 2.45) is 5.41 Å². The van der Waals surface area contributed by atoms with E-state index in [4.69, 9.17) is 9.05 Å². The monoisotopic (exact) mass is 325 g/mol. The molecule has 0 amide bonds. The Morgan fingerprint density at radius 3 is 2.19 bits per heavy atom. The van der Waals surface area contributed by atoms with Crippen LogP contribution in [0.3, 0.4) is 0 Å². The van der Waals surface area contributed by atoms with Gasteiger partial charge in [-0.15, -0.1) is 0 Å². The molecule has 0 N–H and O–H groups in total. The molecule has 1 rings (SSSR count). The summed E-state index contributed by atoms with van der Waals surface area (Å²) in [6, 6.07) is 4.72. The number of phosphoric acid groups is 1. The van der Waals surface area contributed by atoms with Gasteiger partial charge in [-0.05, 0) is 24.0 Å². The number of hydrogen-bond acceptors (Lipinski definition) is 6. The van der Waals surface area contributed by atoms with Gasteiger partial charge in [-0.2, -0.15) is 0 Å². The van der Waals surface area contributed by atoms with Crippen molar-refractivity contribution in [3.8, 4) is 5.75 Å². The van der Waals surface area contributed by atoms with E-state index in [1.54, 1.807) is 0 Å². The molecule has 0 aliphatic heterocycles. The van der Waals surface area contributed by atoms with Crippen molar-refractivity contribution >= 4 is 13.5 Å². The minimum atomic E-state index is -4.46. The molecule has 1 atom stereocenters. The van der Waals surface area contributed by atoms with E-state index in [1.807, 2.05) is 20.8 Å². The molecule has 0 aliphatic rings. The molecule has 0 heterocycles. The molecule has 7 nitrogen and oxygen atoms in total. The molecule has 0 saturated carbocycles. The quantitative estimate of drug-likeness (QED) is 0.313. The third kappa shape index (κ3) is 8.56. The summed E-state index contributed by atoms with van der Waals surface area (Å²) in [4.78, 5) is 21.4. The summed E-state index contributed by atoms with van der Waals surface area (Å²) >= 11 is 0. The number of nitrogens with zero attached hydrogens (tertiary/aromatic N) is 1. The number of benzene rings is 1. The molecule has 9 heteroatoms. The molecule has 1 unspecified atom stereocenters. The Morgan fingerprint density at radius 1 is 1.24 bits per heavy atom. The van der Waals surface area contributed by atoms with E-state index >= 15 is 0 Å². The van der Waals surface area contributed by atoms with Crippen LogP contribution in [0.1, 0.15) is 27.2 Å². The van der Waals surface area contributed by atoms with Crippen LogP contribution in [0.2, 0.25) is 0 Å². The first-order valence-corrected chi connectivity index (χ1v) is 7.45. The van der Waals surface area contributed by atoms with Gasteiger partial charge in [0.2, 0.25) is 0 Å². The van der Waals surface area contributed by atoms with Gasteiger partial charge in [0.25, 0.3) is 5.69 Å². The molecular weight excluding hydrogens is 308 g/mol. The first-order valence-electron chi connectivity index (χ1n) is 5.99. The minimum Gasteiger partial charge on any atom is -0.746 e. The molecule has 112 valence electrons. The summed E-state index contributed by atoms with van der Waals surface area (Å²) in [6.45, 7) is 5.91. The van der Waals surface area contributed by atoms with Crippen LogP contribution in [0.5, 0.6) is 5.75 Å². The average molecular weight is 325 g/mol. The van der Waals surface area contributed by atoms with Crippen molar-refractivity contribution in [1.82, 2.24) is 0 Å². The van der Waals surface area contributed by atoms with E-state index in [-0.39, 0.29) is 53.0 Å². The summed E-state index contributed by atoms with van der Waals surface area (Å²) in [5.41, 5.74) is -0.195. The number of nitro groups is 1. The Morgan fingerprint density at radius 2 is 1.76 bits per heavy atom. The zero-order valence-electron chi connectivity index (χ0n) is 12.6. The van der Waals surface area contributed by atoms with E-state index in [2.05, 4.69) is 0 Å². The topological polar surface area (TPSA) is 102 Å². The van der Waals surface area contributed by atoms with Gasteiger partial charge in [0.05, 0.1) is 11.5 Å². The first kappa shape index (κ1) is 20.6. The van der Waals surface area contributed by atoms with Crippen molar-refractivity contribution < 1.29 is 53.0 Å². The normalized spacial score (nSPS) is 13.9. The Kier molecular flexibility index (Phi) is 8.10. The molecule has 0 fully saturated rings. The largest absolute Gasteiger partial charge is 1.00 e. The second kappa shape index (κ2) is 8.27. The van der Waals surface area contributed by atoms with Gasteiger partial charge in [-0.25, -0.2) is 0 Å². The van der Waals surface area contributed by atoms with E-state index in [0.29, 0.717) is 6.42 Å². The van der Waals surface area contributed by atoms with Gasteiger partial charge >= 0.3 is 37.4 Å². The maximum absolute atomic E-state index is 11.6. The smallest absolute Gasteiger partial charge is 0.746 e. The number of nitro benzene ring substituents is 1. The molecule has 21 heavy (non-hydrogen) atoms. The molecule has 0 aromatic heterocycles. The number of non-ortho nitro benzene ring substituents is 1. The van der Waals surface area contributed by atoms with Crippen molar-refractivity contribution in [2.45, 2.75) is 27.2 Å². The second-order valence-corrected chi connectivity index (χ2v) is 6.77. The van der Waals surface area contributed by atoms with Crippen molar-refractivity contribution in [1.29, 1.82) is 0 Å². The molecule has 0 bridgehead atoms. The van der Waals surface area contributed by atoms with Crippen molar-refractivity contribution in [3.63, 3.8) is 0 Å². The van der Waals surface area contributed by atoms with Crippen LogP contribution >= 0.6 is 7.82 Å². The number of hydrogen-bond donors (Lipinski definition) is 0. The molecule has 0 saturated heterocycles. The number of rotatable bonds is 6. The minimum absolute atomic E-state index is 0. The second-order valence-electron chi connectivity index (χ2n) is 5.43. The summed E-state index contributed by atoms with van der Waals surface area (Å²) in [5, 5.41) is 10.5. The first-order chi connectivity index (χ1) is 9.09. The van der Waals surface area contributed by atoms with Gasteiger partial charge in [0.15, 0.2) is 0 Å². The van der Waals surface area contributed by atoms with Crippen LogP contribution in [0.15, 0.2) is 24.3 Å². The molecule has 1 aromatic rings. The van der Waals surface area contributed by atoms with Crippen LogP contribution in [0.4, 0.5) is 5.69 Å². The van der Waals surface area contributed by atoms with Crippen LogP contribution in [0.25, 0.3) is 0 Å². The third-order valence-corrected chi connectivity index (χ3v) is 3.30. The fraction of sp³-hybridized carbons (Fsp3) is 0.500. The summed E-state index contributed by atoms with van der Waals surface area (Å²) in [5.74, 6) is -0.0234. The average Bonchev–Trinajstić information content (AvgIpc) is 2.26. The predicted molar refractivity (Wildman–Crippen MR) is 71.4 cm³/mol. The molecule has 0 aliphatic carbocycles. The Balaban J connectivity index is 0.00000400. The zero-order chi connectivity index (χ0) is 15.4. The van der Waals surface area contributed by atoms with Gasteiger partial charge < -0.3 is 13.9 Å². The van der Waals surface area contributed by atoms with Crippen LogP contribution in [0, 0.1) is 15.5 Å². The zero-order valence-corrected chi connectivity index (χ0v) is 15.5. The van der Waals surface area contributed by atoms with E-state index in [1.165, 1.54) is 12.1 Å². The van der Waals surface area contributed by atoms with Crippen LogP contribution in [-0.4, -0.2) is 11.5 Å². The maximum Gasteiger partial charge on any atom is 1.00 e. The molecule has 1 aromatic carbocycles. The SMILES string of the molecule is CC(C)(C)CCOP(=O)([O-])Oc1ccc([N+](=O)[O-])cc1.[Na+]. The molecule has 0 spiro atoms. The van der Waals surface area contributed by atoms with Gasteiger partial charge in [-0.1, -0.05) is 20.8 Å². The molecule has 0 radical (unpaired) electrons. The summed E-state index contributed by atoms with van der Waals surface area (Å²) < 4.78 is 21.0. The van der Waals surface area contributed by atoms with E-state index in [0.717, 1.165) is 12.1 Å². The van der Waals surface area contributed by atoms with Gasteiger partial charge in [0, 0.05) is 12.1 Å². The van der Waals surface area contributed by atoms with Crippen molar-refractivity contribution in [3.05, 3.63) is 34.4 Å². The van der Waals surface area contributed by atoms with Gasteiger partial charge in [-0.3, -0.25) is 14.7 Å². The number of phosphoric ester groups is 1. The maximum atomic E-state index is 11.6. The predicted octanol–water partition coefficient (Wildman–Crippen LogP) is -0.101. The Labute approximate surface area is 145 Å². The third-order valence-electron chi connectivity index (χ3n) is 2.37. The van der Waals surface area contributed by atoms with Gasteiger partial charge in [0.1, 0.15) is 5.75 Å². The van der Waals surface area contributed by atoms with Crippen molar-refractivity contribution in [2.75, 3.05) is 6.61 Å². The Bertz CT molecular complexity index is 513. The fourth-order valence-corrected chi connectivity index (χ4v) is 2.00. The standard InChI is InChI=1S/C12H18NO6P.Na/c1-12(2,3)8-9-18-20(16,17)19-11-6-4-10(5-7-11)13(14)15;/h4-7H,8-9H2,1-3H3,(H,16,17);/q;+1/p-1. The Hall–Kier alpha value is -0.430. The van der Waals surface area contributed by atoms with Crippen LogP contribution in [-0.2, 0) is 9.09 Å². The fourth-order valence-electron chi connectivity index (χ4n) is 1.25.